The van der Waals surface area contributed by atoms with E-state index in [0.717, 1.165) is 5.56 Å². The fourth-order valence-electron chi connectivity index (χ4n) is 2.42. The van der Waals surface area contributed by atoms with Gasteiger partial charge >= 0.3 is 0 Å². The highest BCUT2D eigenvalue weighted by molar-refractivity contribution is 7.92. The zero-order valence-electron chi connectivity index (χ0n) is 14.1. The number of rotatable bonds is 6. The van der Waals surface area contributed by atoms with Crippen LogP contribution in [-0.2, 0) is 16.6 Å². The van der Waals surface area contributed by atoms with Crippen LogP contribution in [0.25, 0.3) is 0 Å². The van der Waals surface area contributed by atoms with Gasteiger partial charge in [0.1, 0.15) is 5.82 Å². The summed E-state index contributed by atoms with van der Waals surface area (Å²) in [7, 11) is -3.70. The predicted molar refractivity (Wildman–Crippen MR) is 105 cm³/mol. The second kappa shape index (κ2) is 7.76. The van der Waals surface area contributed by atoms with Crippen LogP contribution in [0.1, 0.15) is 11.1 Å². The highest BCUT2D eigenvalue weighted by Gasteiger charge is 2.14. The number of aromatic nitrogens is 1. The van der Waals surface area contributed by atoms with E-state index in [1.807, 2.05) is 25.1 Å². The Morgan fingerprint density at radius 2 is 1.85 bits per heavy atom. The van der Waals surface area contributed by atoms with Crippen LogP contribution in [0.4, 0.5) is 11.5 Å². The van der Waals surface area contributed by atoms with Crippen LogP contribution in [-0.4, -0.2) is 13.4 Å². The summed E-state index contributed by atoms with van der Waals surface area (Å²) in [6, 6.07) is 17.7. The Hall–Kier alpha value is -2.57. The van der Waals surface area contributed by atoms with E-state index >= 15 is 0 Å². The molecule has 26 heavy (non-hydrogen) atoms. The van der Waals surface area contributed by atoms with Gasteiger partial charge in [-0.05, 0) is 42.8 Å². The van der Waals surface area contributed by atoms with Crippen molar-refractivity contribution >= 4 is 33.1 Å². The zero-order chi connectivity index (χ0) is 18.6. The maximum absolute atomic E-state index is 12.4. The van der Waals surface area contributed by atoms with E-state index in [0.29, 0.717) is 23.1 Å². The number of sulfonamides is 1. The molecule has 1 heterocycles. The molecule has 0 saturated carbocycles. The molecule has 1 aromatic heterocycles. The van der Waals surface area contributed by atoms with Crippen LogP contribution < -0.4 is 10.0 Å². The molecule has 5 nitrogen and oxygen atoms in total. The van der Waals surface area contributed by atoms with Gasteiger partial charge in [-0.25, -0.2) is 13.4 Å². The number of benzene rings is 2. The number of nitrogens with one attached hydrogen (secondary N) is 2. The number of pyridine rings is 1. The van der Waals surface area contributed by atoms with Crippen molar-refractivity contribution in [2.24, 2.45) is 0 Å². The summed E-state index contributed by atoms with van der Waals surface area (Å²) in [5.74, 6) is 0.664. The molecule has 0 fully saturated rings. The van der Waals surface area contributed by atoms with Crippen LogP contribution in [0.2, 0.25) is 5.02 Å². The summed E-state index contributed by atoms with van der Waals surface area (Å²) < 4.78 is 27.2. The van der Waals surface area contributed by atoms with Gasteiger partial charge in [0.05, 0.1) is 16.8 Å². The fraction of sp³-hybridized carbons (Fsp3) is 0.105. The molecule has 0 spiro atoms. The van der Waals surface area contributed by atoms with Gasteiger partial charge in [0, 0.05) is 11.6 Å². The molecule has 3 rings (SSSR count). The number of aryl methyl sites for hydroxylation is 1. The van der Waals surface area contributed by atoms with Gasteiger partial charge in [0.25, 0.3) is 10.0 Å². The molecule has 2 aromatic carbocycles. The minimum absolute atomic E-state index is 0.103. The molecule has 0 atom stereocenters. The second-order valence-corrected chi connectivity index (χ2v) is 7.96. The quantitative estimate of drug-likeness (QED) is 0.655. The first-order valence-electron chi connectivity index (χ1n) is 7.96. The van der Waals surface area contributed by atoms with Crippen molar-refractivity contribution in [3.05, 3.63) is 83.0 Å². The summed E-state index contributed by atoms with van der Waals surface area (Å²) in [5.41, 5.74) is 2.73. The summed E-state index contributed by atoms with van der Waals surface area (Å²) in [6.45, 7) is 2.69. The molecular weight excluding hydrogens is 370 g/mol. The van der Waals surface area contributed by atoms with Crippen molar-refractivity contribution in [3.63, 3.8) is 0 Å². The Morgan fingerprint density at radius 3 is 2.54 bits per heavy atom. The van der Waals surface area contributed by atoms with Crippen molar-refractivity contribution in [1.82, 2.24) is 4.98 Å². The highest BCUT2D eigenvalue weighted by atomic mass is 35.5. The lowest BCUT2D eigenvalue weighted by molar-refractivity contribution is 0.601. The summed E-state index contributed by atoms with van der Waals surface area (Å²) >= 11 is 5.86. The average molecular weight is 388 g/mol. The minimum atomic E-state index is -3.70. The van der Waals surface area contributed by atoms with Crippen molar-refractivity contribution < 1.29 is 8.42 Å². The lowest BCUT2D eigenvalue weighted by atomic mass is 10.1. The Bertz CT molecular complexity index is 1010. The molecule has 0 aliphatic carbocycles. The first-order valence-corrected chi connectivity index (χ1v) is 9.82. The summed E-state index contributed by atoms with van der Waals surface area (Å²) in [5, 5.41) is 3.57. The molecule has 0 unspecified atom stereocenters. The monoisotopic (exact) mass is 387 g/mol. The van der Waals surface area contributed by atoms with E-state index in [9.17, 15) is 8.42 Å². The average Bonchev–Trinajstić information content (AvgIpc) is 2.61. The fourth-order valence-corrected chi connectivity index (χ4v) is 3.77. The van der Waals surface area contributed by atoms with Gasteiger partial charge in [-0.15, -0.1) is 0 Å². The summed E-state index contributed by atoms with van der Waals surface area (Å²) in [4.78, 5) is 4.35. The molecular formula is C19H18ClN3O2S. The standard InChI is InChI=1S/C19H18ClN3O2S/c1-14-4-2-5-15(10-14)12-21-19-9-8-17(13-22-19)23-26(24,25)18-7-3-6-16(20)11-18/h2-11,13,23H,12H2,1H3,(H,21,22). The van der Waals surface area contributed by atoms with E-state index in [-0.39, 0.29) is 4.90 Å². The van der Waals surface area contributed by atoms with Crippen LogP contribution in [0.5, 0.6) is 0 Å². The van der Waals surface area contributed by atoms with Crippen LogP contribution in [0, 0.1) is 6.92 Å². The maximum atomic E-state index is 12.4. The van der Waals surface area contributed by atoms with Gasteiger partial charge in [-0.1, -0.05) is 47.5 Å². The normalized spacial score (nSPS) is 11.2. The van der Waals surface area contributed by atoms with Gasteiger partial charge < -0.3 is 5.32 Å². The topological polar surface area (TPSA) is 71.1 Å². The molecule has 3 aromatic rings. The zero-order valence-corrected chi connectivity index (χ0v) is 15.7. The van der Waals surface area contributed by atoms with Gasteiger partial charge in [-0.2, -0.15) is 0 Å². The molecule has 2 N–H and O–H groups in total. The first kappa shape index (κ1) is 18.2. The van der Waals surface area contributed by atoms with E-state index in [2.05, 4.69) is 21.1 Å². The SMILES string of the molecule is Cc1cccc(CNc2ccc(NS(=O)(=O)c3cccc(Cl)c3)cn2)c1. The number of anilines is 2. The lowest BCUT2D eigenvalue weighted by Gasteiger charge is -2.10. The van der Waals surface area contributed by atoms with E-state index in [4.69, 9.17) is 11.6 Å². The Kier molecular flexibility index (Phi) is 5.44. The number of hydrogen-bond donors (Lipinski definition) is 2. The van der Waals surface area contributed by atoms with Gasteiger partial charge in [0.15, 0.2) is 0 Å². The third kappa shape index (κ3) is 4.74. The Labute approximate surface area is 158 Å². The Morgan fingerprint density at radius 1 is 1.04 bits per heavy atom. The number of nitrogens with zero attached hydrogens (tertiary/aromatic N) is 1. The van der Waals surface area contributed by atoms with Crippen molar-refractivity contribution in [2.45, 2.75) is 18.4 Å². The molecule has 134 valence electrons. The minimum Gasteiger partial charge on any atom is -0.366 e. The largest absolute Gasteiger partial charge is 0.366 e. The molecule has 0 bridgehead atoms. The number of halogens is 1. The van der Waals surface area contributed by atoms with Crippen LogP contribution in [0.15, 0.2) is 71.8 Å². The van der Waals surface area contributed by atoms with Crippen LogP contribution >= 0.6 is 11.6 Å². The first-order chi connectivity index (χ1) is 12.4. The third-order valence-corrected chi connectivity index (χ3v) is 5.29. The van der Waals surface area contributed by atoms with Crippen molar-refractivity contribution in [3.8, 4) is 0 Å². The van der Waals surface area contributed by atoms with Crippen molar-refractivity contribution in [1.29, 1.82) is 0 Å². The smallest absolute Gasteiger partial charge is 0.261 e. The lowest BCUT2D eigenvalue weighted by Crippen LogP contribution is -2.13. The molecule has 0 radical (unpaired) electrons. The van der Waals surface area contributed by atoms with E-state index in [1.54, 1.807) is 24.3 Å². The maximum Gasteiger partial charge on any atom is 0.261 e. The number of hydrogen-bond acceptors (Lipinski definition) is 4. The second-order valence-electron chi connectivity index (χ2n) is 5.84. The molecule has 0 aliphatic rings. The van der Waals surface area contributed by atoms with Crippen molar-refractivity contribution in [2.75, 3.05) is 10.0 Å². The molecule has 0 amide bonds. The molecule has 7 heteroatoms. The van der Waals surface area contributed by atoms with Gasteiger partial charge in [-0.3, -0.25) is 4.72 Å². The highest BCUT2D eigenvalue weighted by Crippen LogP contribution is 2.19. The summed E-state index contributed by atoms with van der Waals surface area (Å²) in [6.07, 6.45) is 1.47. The third-order valence-electron chi connectivity index (χ3n) is 3.68. The van der Waals surface area contributed by atoms with Gasteiger partial charge in [0.2, 0.25) is 0 Å². The van der Waals surface area contributed by atoms with E-state index in [1.165, 1.54) is 23.9 Å². The Balaban J connectivity index is 1.66. The molecule has 0 aliphatic heterocycles. The molecule has 0 saturated heterocycles. The van der Waals surface area contributed by atoms with Crippen LogP contribution in [0.3, 0.4) is 0 Å². The van der Waals surface area contributed by atoms with E-state index < -0.39 is 10.0 Å². The predicted octanol–water partition coefficient (Wildman–Crippen LogP) is 4.46.